The molecule has 0 aromatic heterocycles. The Morgan fingerprint density at radius 1 is 1.11 bits per heavy atom. The van der Waals surface area contributed by atoms with Gasteiger partial charge < -0.3 is 5.32 Å². The van der Waals surface area contributed by atoms with Gasteiger partial charge in [0.15, 0.2) is 0 Å². The van der Waals surface area contributed by atoms with Crippen LogP contribution in [0.1, 0.15) is 5.56 Å². The second-order valence-corrected chi connectivity index (χ2v) is 5.00. The van der Waals surface area contributed by atoms with Crippen LogP contribution in [-0.2, 0) is 6.54 Å². The van der Waals surface area contributed by atoms with E-state index in [1.807, 2.05) is 6.07 Å². The van der Waals surface area contributed by atoms with Crippen molar-refractivity contribution in [1.82, 2.24) is 0 Å². The number of benzene rings is 2. The minimum Gasteiger partial charge on any atom is -0.378 e. The Kier molecular flexibility index (Phi) is 4.19. The van der Waals surface area contributed by atoms with Gasteiger partial charge in [0.05, 0.1) is 5.69 Å². The van der Waals surface area contributed by atoms with E-state index in [1.54, 1.807) is 12.1 Å². The largest absolute Gasteiger partial charge is 0.378 e. The van der Waals surface area contributed by atoms with Gasteiger partial charge >= 0.3 is 0 Å². The lowest BCUT2D eigenvalue weighted by Gasteiger charge is -2.09. The maximum atomic E-state index is 13.4. The Hall–Kier alpha value is -1.13. The molecule has 0 spiro atoms. The molecule has 1 nitrogen and oxygen atoms in total. The van der Waals surface area contributed by atoms with Gasteiger partial charge in [-0.3, -0.25) is 0 Å². The summed E-state index contributed by atoms with van der Waals surface area (Å²) in [6, 6.07) is 8.61. The van der Waals surface area contributed by atoms with E-state index in [4.69, 9.17) is 11.6 Å². The fourth-order valence-electron chi connectivity index (χ4n) is 1.49. The molecule has 0 saturated heterocycles. The lowest BCUT2D eigenvalue weighted by molar-refractivity contribution is 0.602. The molecule has 0 unspecified atom stereocenters. The van der Waals surface area contributed by atoms with Crippen molar-refractivity contribution in [1.29, 1.82) is 0 Å². The molecule has 0 heterocycles. The van der Waals surface area contributed by atoms with E-state index in [-0.39, 0.29) is 5.69 Å². The van der Waals surface area contributed by atoms with Crippen molar-refractivity contribution in [2.75, 3.05) is 5.32 Å². The fourth-order valence-corrected chi connectivity index (χ4v) is 2.31. The maximum Gasteiger partial charge on any atom is 0.146 e. The zero-order valence-corrected chi connectivity index (χ0v) is 11.5. The number of halogens is 4. The highest BCUT2D eigenvalue weighted by molar-refractivity contribution is 9.10. The van der Waals surface area contributed by atoms with Gasteiger partial charge in [0, 0.05) is 16.0 Å². The highest BCUT2D eigenvalue weighted by atomic mass is 79.9. The highest BCUT2D eigenvalue weighted by Gasteiger charge is 2.05. The van der Waals surface area contributed by atoms with Gasteiger partial charge in [-0.2, -0.15) is 0 Å². The number of rotatable bonds is 3. The van der Waals surface area contributed by atoms with Crippen molar-refractivity contribution < 1.29 is 8.78 Å². The molecule has 0 atom stereocenters. The van der Waals surface area contributed by atoms with Crippen molar-refractivity contribution in [2.45, 2.75) is 6.54 Å². The molecule has 0 saturated carbocycles. The van der Waals surface area contributed by atoms with Crippen molar-refractivity contribution >= 4 is 33.2 Å². The third kappa shape index (κ3) is 3.21. The molecular weight excluding hydrogens is 324 g/mol. The third-order valence-corrected chi connectivity index (χ3v) is 3.39. The van der Waals surface area contributed by atoms with Crippen molar-refractivity contribution in [3.05, 3.63) is 63.1 Å². The number of hydrogen-bond acceptors (Lipinski definition) is 1. The second kappa shape index (κ2) is 5.67. The van der Waals surface area contributed by atoms with E-state index in [2.05, 4.69) is 21.2 Å². The summed E-state index contributed by atoms with van der Waals surface area (Å²) in [5, 5.41) is 3.46. The summed E-state index contributed by atoms with van der Waals surface area (Å²) in [4.78, 5) is 0. The molecule has 0 bridgehead atoms. The molecule has 1 N–H and O–H groups in total. The van der Waals surface area contributed by atoms with Gasteiger partial charge in [0.25, 0.3) is 0 Å². The average molecular weight is 333 g/mol. The Labute approximate surface area is 117 Å². The van der Waals surface area contributed by atoms with Gasteiger partial charge in [0.2, 0.25) is 0 Å². The van der Waals surface area contributed by atoms with Gasteiger partial charge in [-0.05, 0) is 35.9 Å². The van der Waals surface area contributed by atoms with E-state index in [0.717, 1.165) is 28.2 Å². The molecule has 0 aliphatic carbocycles. The number of nitrogens with one attached hydrogen (secondary N) is 1. The van der Waals surface area contributed by atoms with Gasteiger partial charge in [-0.15, -0.1) is 0 Å². The Balaban J connectivity index is 2.13. The molecule has 94 valence electrons. The van der Waals surface area contributed by atoms with E-state index in [0.29, 0.717) is 11.6 Å². The van der Waals surface area contributed by atoms with Crippen LogP contribution in [0.5, 0.6) is 0 Å². The molecule has 18 heavy (non-hydrogen) atoms. The molecule has 2 aromatic carbocycles. The fraction of sp³-hybridized carbons (Fsp3) is 0.0769. The topological polar surface area (TPSA) is 12.0 Å². The van der Waals surface area contributed by atoms with Crippen LogP contribution in [0.3, 0.4) is 0 Å². The quantitative estimate of drug-likeness (QED) is 0.834. The standard InChI is InChI=1S/C13H9BrClF2N/c14-11-5-9(15)2-1-8(11)7-18-13-6-10(16)3-4-12(13)17/h1-6,18H,7H2. The van der Waals surface area contributed by atoms with E-state index in [1.165, 1.54) is 0 Å². The summed E-state index contributed by atoms with van der Waals surface area (Å²) >= 11 is 9.18. The van der Waals surface area contributed by atoms with E-state index >= 15 is 0 Å². The zero-order chi connectivity index (χ0) is 13.1. The highest BCUT2D eigenvalue weighted by Crippen LogP contribution is 2.23. The molecule has 0 aliphatic heterocycles. The first-order valence-corrected chi connectivity index (χ1v) is 6.36. The summed E-state index contributed by atoms with van der Waals surface area (Å²) in [5.41, 5.74) is 1.04. The summed E-state index contributed by atoms with van der Waals surface area (Å²) in [6.07, 6.45) is 0. The minimum atomic E-state index is -0.485. The Morgan fingerprint density at radius 3 is 2.61 bits per heavy atom. The first kappa shape index (κ1) is 13.3. The summed E-state index contributed by atoms with van der Waals surface area (Å²) < 4.78 is 27.2. The van der Waals surface area contributed by atoms with Crippen molar-refractivity contribution in [3.63, 3.8) is 0 Å². The predicted octanol–water partition coefficient (Wildman–Crippen LogP) is 4.99. The molecule has 0 amide bonds. The monoisotopic (exact) mass is 331 g/mol. The number of anilines is 1. The van der Waals surface area contributed by atoms with Crippen molar-refractivity contribution in [3.8, 4) is 0 Å². The molecule has 0 fully saturated rings. The van der Waals surface area contributed by atoms with Crippen LogP contribution >= 0.6 is 27.5 Å². The van der Waals surface area contributed by atoms with Crippen LogP contribution in [0.2, 0.25) is 5.02 Å². The second-order valence-electron chi connectivity index (χ2n) is 3.71. The summed E-state index contributed by atoms with van der Waals surface area (Å²) in [5.74, 6) is -0.962. The lowest BCUT2D eigenvalue weighted by atomic mass is 10.2. The van der Waals surface area contributed by atoms with Gasteiger partial charge in [0.1, 0.15) is 11.6 Å². The van der Waals surface area contributed by atoms with Crippen LogP contribution < -0.4 is 5.32 Å². The zero-order valence-electron chi connectivity index (χ0n) is 9.18. The molecule has 5 heteroatoms. The summed E-state index contributed by atoms with van der Waals surface area (Å²) in [7, 11) is 0. The van der Waals surface area contributed by atoms with Crippen LogP contribution in [-0.4, -0.2) is 0 Å². The van der Waals surface area contributed by atoms with Gasteiger partial charge in [-0.1, -0.05) is 33.6 Å². The van der Waals surface area contributed by atoms with Gasteiger partial charge in [-0.25, -0.2) is 8.78 Å². The van der Waals surface area contributed by atoms with Crippen molar-refractivity contribution in [2.24, 2.45) is 0 Å². The lowest BCUT2D eigenvalue weighted by Crippen LogP contribution is -2.02. The van der Waals surface area contributed by atoms with Crippen LogP contribution in [0.4, 0.5) is 14.5 Å². The van der Waals surface area contributed by atoms with Crippen LogP contribution in [0.15, 0.2) is 40.9 Å². The minimum absolute atomic E-state index is 0.136. The molecule has 2 aromatic rings. The first-order chi connectivity index (χ1) is 8.56. The maximum absolute atomic E-state index is 13.4. The van der Waals surface area contributed by atoms with Crippen LogP contribution in [0, 0.1) is 11.6 Å². The normalized spacial score (nSPS) is 10.4. The smallest absolute Gasteiger partial charge is 0.146 e. The Morgan fingerprint density at radius 2 is 1.89 bits per heavy atom. The predicted molar refractivity (Wildman–Crippen MR) is 72.8 cm³/mol. The Bertz CT molecular complexity index is 575. The average Bonchev–Trinajstić information content (AvgIpc) is 2.32. The molecule has 2 rings (SSSR count). The third-order valence-electron chi connectivity index (χ3n) is 2.41. The van der Waals surface area contributed by atoms with E-state index in [9.17, 15) is 8.78 Å². The van der Waals surface area contributed by atoms with E-state index < -0.39 is 11.6 Å². The molecule has 0 radical (unpaired) electrons. The summed E-state index contributed by atoms with van der Waals surface area (Å²) in [6.45, 7) is 0.373. The SMILES string of the molecule is Fc1ccc(F)c(NCc2ccc(Cl)cc2Br)c1. The first-order valence-electron chi connectivity index (χ1n) is 5.19. The van der Waals surface area contributed by atoms with Crippen LogP contribution in [0.25, 0.3) is 0 Å². The molecular formula is C13H9BrClF2N. The number of hydrogen-bond donors (Lipinski definition) is 1. The molecule has 0 aliphatic rings.